The normalized spacial score (nSPS) is 10.7. The Morgan fingerprint density at radius 2 is 2.12 bits per heavy atom. The van der Waals surface area contributed by atoms with Crippen molar-refractivity contribution in [2.45, 2.75) is 20.4 Å². The van der Waals surface area contributed by atoms with E-state index in [1.807, 2.05) is 25.1 Å². The first kappa shape index (κ1) is 11.1. The highest BCUT2D eigenvalue weighted by Gasteiger charge is 2.12. The summed E-state index contributed by atoms with van der Waals surface area (Å²) >= 11 is 3.50. The second-order valence-electron chi connectivity index (χ2n) is 3.55. The molecule has 0 aliphatic heterocycles. The van der Waals surface area contributed by atoms with Crippen LogP contribution in [-0.4, -0.2) is 14.8 Å². The minimum atomic E-state index is 0.724. The molecule has 0 aliphatic carbocycles. The zero-order valence-electron chi connectivity index (χ0n) is 9.24. The predicted molar refractivity (Wildman–Crippen MR) is 68.0 cm³/mol. The second-order valence-corrected chi connectivity index (χ2v) is 4.41. The molecule has 4 nitrogen and oxygen atoms in total. The Labute approximate surface area is 103 Å². The molecule has 2 aromatic rings. The van der Waals surface area contributed by atoms with Crippen molar-refractivity contribution in [3.8, 4) is 11.4 Å². The van der Waals surface area contributed by atoms with E-state index in [0.717, 1.165) is 33.9 Å². The number of hydrogen-bond donors (Lipinski definition) is 1. The molecule has 2 rings (SSSR count). The zero-order chi connectivity index (χ0) is 11.7. The molecule has 1 aromatic heterocycles. The molecule has 1 heterocycles. The lowest BCUT2D eigenvalue weighted by Gasteiger charge is -2.07. The van der Waals surface area contributed by atoms with E-state index >= 15 is 0 Å². The van der Waals surface area contributed by atoms with Crippen LogP contribution in [0.3, 0.4) is 0 Å². The number of nitrogens with zero attached hydrogens (tertiary/aromatic N) is 3. The molecule has 0 radical (unpaired) electrons. The van der Waals surface area contributed by atoms with Gasteiger partial charge < -0.3 is 10.3 Å². The largest absolute Gasteiger partial charge is 0.399 e. The van der Waals surface area contributed by atoms with Crippen LogP contribution in [0.4, 0.5) is 5.69 Å². The topological polar surface area (TPSA) is 56.7 Å². The number of aryl methyl sites for hydroxylation is 1. The molecule has 1 aromatic carbocycles. The van der Waals surface area contributed by atoms with E-state index in [4.69, 9.17) is 5.73 Å². The van der Waals surface area contributed by atoms with E-state index in [0.29, 0.717) is 0 Å². The highest BCUT2D eigenvalue weighted by atomic mass is 79.9. The third kappa shape index (κ3) is 1.82. The standard InChI is InChI=1S/C11H13BrN4/c1-3-16-7(2)14-15-11(16)9-6-8(13)4-5-10(9)12/h4-6H,3,13H2,1-2H3. The molecule has 0 saturated heterocycles. The van der Waals surface area contributed by atoms with Gasteiger partial charge in [0.25, 0.3) is 0 Å². The van der Waals surface area contributed by atoms with Gasteiger partial charge in [-0.15, -0.1) is 10.2 Å². The molecule has 0 atom stereocenters. The molecule has 5 heteroatoms. The van der Waals surface area contributed by atoms with Crippen molar-refractivity contribution >= 4 is 21.6 Å². The molecule has 0 spiro atoms. The summed E-state index contributed by atoms with van der Waals surface area (Å²) in [5, 5.41) is 8.27. The molecule has 0 unspecified atom stereocenters. The summed E-state index contributed by atoms with van der Waals surface area (Å²) in [6.07, 6.45) is 0. The summed E-state index contributed by atoms with van der Waals surface area (Å²) < 4.78 is 3.03. The van der Waals surface area contributed by atoms with Crippen molar-refractivity contribution in [2.75, 3.05) is 5.73 Å². The van der Waals surface area contributed by atoms with Crippen molar-refractivity contribution < 1.29 is 0 Å². The van der Waals surface area contributed by atoms with Crippen LogP contribution in [0.5, 0.6) is 0 Å². The number of benzene rings is 1. The zero-order valence-corrected chi connectivity index (χ0v) is 10.8. The van der Waals surface area contributed by atoms with E-state index < -0.39 is 0 Å². The van der Waals surface area contributed by atoms with Gasteiger partial charge in [0.1, 0.15) is 5.82 Å². The number of nitrogens with two attached hydrogens (primary N) is 1. The van der Waals surface area contributed by atoms with Crippen LogP contribution in [0.25, 0.3) is 11.4 Å². The van der Waals surface area contributed by atoms with Crippen LogP contribution in [0.15, 0.2) is 22.7 Å². The predicted octanol–water partition coefficient (Wildman–Crippen LogP) is 2.62. The Hall–Kier alpha value is -1.36. The molecular weight excluding hydrogens is 268 g/mol. The van der Waals surface area contributed by atoms with Crippen LogP contribution in [-0.2, 0) is 6.54 Å². The van der Waals surface area contributed by atoms with Gasteiger partial charge in [-0.1, -0.05) is 15.9 Å². The van der Waals surface area contributed by atoms with Gasteiger partial charge in [-0.2, -0.15) is 0 Å². The summed E-state index contributed by atoms with van der Waals surface area (Å²) in [5.41, 5.74) is 7.48. The summed E-state index contributed by atoms with van der Waals surface area (Å²) in [5.74, 6) is 1.76. The quantitative estimate of drug-likeness (QED) is 0.861. The first-order valence-electron chi connectivity index (χ1n) is 5.08. The highest BCUT2D eigenvalue weighted by molar-refractivity contribution is 9.10. The highest BCUT2D eigenvalue weighted by Crippen LogP contribution is 2.29. The van der Waals surface area contributed by atoms with Gasteiger partial charge in [0, 0.05) is 22.3 Å². The van der Waals surface area contributed by atoms with Crippen LogP contribution in [0.2, 0.25) is 0 Å². The Morgan fingerprint density at radius 1 is 1.38 bits per heavy atom. The van der Waals surface area contributed by atoms with E-state index in [1.54, 1.807) is 0 Å². The van der Waals surface area contributed by atoms with Gasteiger partial charge in [0.05, 0.1) is 0 Å². The van der Waals surface area contributed by atoms with Crippen molar-refractivity contribution in [2.24, 2.45) is 0 Å². The molecular formula is C11H13BrN4. The number of hydrogen-bond acceptors (Lipinski definition) is 3. The Kier molecular flexibility index (Phi) is 2.96. The van der Waals surface area contributed by atoms with E-state index in [1.165, 1.54) is 0 Å². The Bertz CT molecular complexity index is 519. The van der Waals surface area contributed by atoms with Crippen molar-refractivity contribution in [3.05, 3.63) is 28.5 Å². The summed E-state index contributed by atoms with van der Waals surface area (Å²) in [6.45, 7) is 4.86. The maximum atomic E-state index is 5.78. The molecule has 0 fully saturated rings. The smallest absolute Gasteiger partial charge is 0.165 e. The lowest BCUT2D eigenvalue weighted by atomic mass is 10.2. The van der Waals surface area contributed by atoms with Gasteiger partial charge in [0.2, 0.25) is 0 Å². The SMILES string of the molecule is CCn1c(C)nnc1-c1cc(N)ccc1Br. The number of rotatable bonds is 2. The number of halogens is 1. The Morgan fingerprint density at radius 3 is 2.81 bits per heavy atom. The van der Waals surface area contributed by atoms with Gasteiger partial charge >= 0.3 is 0 Å². The number of aromatic nitrogens is 3. The maximum absolute atomic E-state index is 5.78. The third-order valence-electron chi connectivity index (χ3n) is 2.48. The molecule has 16 heavy (non-hydrogen) atoms. The molecule has 0 amide bonds. The minimum absolute atomic E-state index is 0.724. The first-order chi connectivity index (χ1) is 7.63. The third-order valence-corrected chi connectivity index (χ3v) is 3.17. The minimum Gasteiger partial charge on any atom is -0.399 e. The van der Waals surface area contributed by atoms with Gasteiger partial charge in [-0.3, -0.25) is 0 Å². The van der Waals surface area contributed by atoms with E-state index in [-0.39, 0.29) is 0 Å². The average Bonchev–Trinajstić information content (AvgIpc) is 2.63. The van der Waals surface area contributed by atoms with Crippen LogP contribution < -0.4 is 5.73 Å². The lowest BCUT2D eigenvalue weighted by Crippen LogP contribution is -2.00. The van der Waals surface area contributed by atoms with Gasteiger partial charge in [0.15, 0.2) is 5.82 Å². The monoisotopic (exact) mass is 280 g/mol. The number of nitrogen functional groups attached to an aromatic ring is 1. The fraction of sp³-hybridized carbons (Fsp3) is 0.273. The molecule has 0 bridgehead atoms. The van der Waals surface area contributed by atoms with Crippen molar-refractivity contribution in [1.82, 2.24) is 14.8 Å². The second kappa shape index (κ2) is 4.25. The summed E-state index contributed by atoms with van der Waals surface area (Å²) in [7, 11) is 0. The average molecular weight is 281 g/mol. The van der Waals surface area contributed by atoms with E-state index in [9.17, 15) is 0 Å². The Balaban J connectivity index is 2.62. The molecule has 2 N–H and O–H groups in total. The van der Waals surface area contributed by atoms with Crippen LogP contribution in [0, 0.1) is 6.92 Å². The fourth-order valence-corrected chi connectivity index (χ4v) is 2.10. The fourth-order valence-electron chi connectivity index (χ4n) is 1.67. The van der Waals surface area contributed by atoms with Crippen LogP contribution >= 0.6 is 15.9 Å². The summed E-state index contributed by atoms with van der Waals surface area (Å²) in [6, 6.07) is 5.68. The molecule has 0 saturated carbocycles. The van der Waals surface area contributed by atoms with E-state index in [2.05, 4.69) is 37.6 Å². The van der Waals surface area contributed by atoms with Crippen LogP contribution in [0.1, 0.15) is 12.7 Å². The summed E-state index contributed by atoms with van der Waals surface area (Å²) in [4.78, 5) is 0. The first-order valence-corrected chi connectivity index (χ1v) is 5.88. The van der Waals surface area contributed by atoms with Crippen molar-refractivity contribution in [1.29, 1.82) is 0 Å². The van der Waals surface area contributed by atoms with Gasteiger partial charge in [-0.25, -0.2) is 0 Å². The lowest BCUT2D eigenvalue weighted by molar-refractivity contribution is 0.736. The van der Waals surface area contributed by atoms with Gasteiger partial charge in [-0.05, 0) is 32.0 Å². The number of anilines is 1. The van der Waals surface area contributed by atoms with Crippen molar-refractivity contribution in [3.63, 3.8) is 0 Å². The molecule has 0 aliphatic rings. The maximum Gasteiger partial charge on any atom is 0.165 e. The molecule has 84 valence electrons.